The zero-order valence-electron chi connectivity index (χ0n) is 17.5. The molecule has 2 aromatic rings. The summed E-state index contributed by atoms with van der Waals surface area (Å²) in [6.45, 7) is 2.99. The Labute approximate surface area is 181 Å². The van der Waals surface area contributed by atoms with Crippen LogP contribution in [0.2, 0.25) is 0 Å². The van der Waals surface area contributed by atoms with Gasteiger partial charge in [0, 0.05) is 31.7 Å². The van der Waals surface area contributed by atoms with Gasteiger partial charge in [-0.05, 0) is 29.8 Å². The lowest BCUT2D eigenvalue weighted by Crippen LogP contribution is -2.43. The Morgan fingerprint density at radius 2 is 1.74 bits per heavy atom. The third kappa shape index (κ3) is 4.72. The summed E-state index contributed by atoms with van der Waals surface area (Å²) in [4.78, 5) is 2.31. The van der Waals surface area contributed by atoms with E-state index in [9.17, 15) is 8.42 Å². The van der Waals surface area contributed by atoms with Crippen LogP contribution in [0.4, 0.5) is 0 Å². The summed E-state index contributed by atoms with van der Waals surface area (Å²) in [6, 6.07) is 10.0. The summed E-state index contributed by atoms with van der Waals surface area (Å²) >= 11 is 0. The Hall–Kier alpha value is -2.53. The van der Waals surface area contributed by atoms with Crippen LogP contribution < -0.4 is 23.7 Å². The number of morpholine rings is 1. The maximum atomic E-state index is 13.0. The van der Waals surface area contributed by atoms with Crippen molar-refractivity contribution in [3.8, 4) is 23.0 Å². The van der Waals surface area contributed by atoms with Gasteiger partial charge < -0.3 is 23.7 Å². The smallest absolute Gasteiger partial charge is 0.240 e. The van der Waals surface area contributed by atoms with Gasteiger partial charge >= 0.3 is 0 Å². The number of benzene rings is 2. The average molecular weight is 451 g/mol. The molecule has 1 saturated heterocycles. The average Bonchev–Trinajstić information content (AvgIpc) is 3.27. The van der Waals surface area contributed by atoms with Crippen LogP contribution in [0.1, 0.15) is 11.6 Å². The maximum absolute atomic E-state index is 13.0. The Morgan fingerprint density at radius 3 is 2.48 bits per heavy atom. The second-order valence-corrected chi connectivity index (χ2v) is 8.91. The summed E-state index contributed by atoms with van der Waals surface area (Å²) in [5.74, 6) is 2.17. The molecule has 1 N–H and O–H groups in total. The normalized spacial score (nSPS) is 17.4. The van der Waals surface area contributed by atoms with Crippen molar-refractivity contribution in [1.82, 2.24) is 9.62 Å². The van der Waals surface area contributed by atoms with Crippen LogP contribution in [0, 0.1) is 0 Å². The summed E-state index contributed by atoms with van der Waals surface area (Å²) in [5, 5.41) is 0. The number of rotatable bonds is 8. The molecule has 0 aliphatic carbocycles. The molecule has 0 spiro atoms. The number of nitrogens with one attached hydrogen (secondary N) is 1. The molecule has 0 amide bonds. The van der Waals surface area contributed by atoms with E-state index in [1.165, 1.54) is 26.4 Å². The van der Waals surface area contributed by atoms with Crippen molar-refractivity contribution in [2.75, 3.05) is 53.9 Å². The molecule has 168 valence electrons. The number of hydrogen-bond donors (Lipinski definition) is 1. The molecule has 1 unspecified atom stereocenters. The minimum Gasteiger partial charge on any atom is -0.493 e. The molecule has 1 atom stereocenters. The molecule has 2 heterocycles. The molecule has 9 nitrogen and oxygen atoms in total. The summed E-state index contributed by atoms with van der Waals surface area (Å²) < 4.78 is 55.6. The van der Waals surface area contributed by atoms with Gasteiger partial charge in [0.1, 0.15) is 0 Å². The van der Waals surface area contributed by atoms with E-state index in [0.29, 0.717) is 49.3 Å². The largest absolute Gasteiger partial charge is 0.493 e. The fourth-order valence-corrected chi connectivity index (χ4v) is 4.78. The summed E-state index contributed by atoms with van der Waals surface area (Å²) in [5.41, 5.74) is 0.946. The molecule has 31 heavy (non-hydrogen) atoms. The molecular weight excluding hydrogens is 424 g/mol. The van der Waals surface area contributed by atoms with Crippen LogP contribution in [-0.4, -0.2) is 67.2 Å². The zero-order chi connectivity index (χ0) is 21.8. The molecule has 2 aromatic carbocycles. The van der Waals surface area contributed by atoms with Gasteiger partial charge in [-0.1, -0.05) is 6.07 Å². The van der Waals surface area contributed by atoms with Crippen molar-refractivity contribution in [3.63, 3.8) is 0 Å². The molecule has 0 bridgehead atoms. The highest BCUT2D eigenvalue weighted by molar-refractivity contribution is 7.89. The first-order valence-corrected chi connectivity index (χ1v) is 11.4. The van der Waals surface area contributed by atoms with E-state index >= 15 is 0 Å². The van der Waals surface area contributed by atoms with Gasteiger partial charge in [-0.25, -0.2) is 13.1 Å². The van der Waals surface area contributed by atoms with E-state index in [-0.39, 0.29) is 24.3 Å². The van der Waals surface area contributed by atoms with Crippen LogP contribution in [0.15, 0.2) is 41.3 Å². The third-order valence-electron chi connectivity index (χ3n) is 5.40. The van der Waals surface area contributed by atoms with E-state index in [4.69, 9.17) is 23.7 Å². The lowest BCUT2D eigenvalue weighted by atomic mass is 10.0. The maximum Gasteiger partial charge on any atom is 0.240 e. The summed E-state index contributed by atoms with van der Waals surface area (Å²) in [7, 11) is -0.800. The standard InChI is InChI=1S/C21H26N2O7S/c1-26-18-6-4-16(12-20(18)27-2)31(24,25)22-13-17(23-7-9-28-10-8-23)15-3-5-19-21(11-15)30-14-29-19/h3-6,11-12,17,22H,7-10,13-14H2,1-2H3. The van der Waals surface area contributed by atoms with Crippen LogP contribution in [-0.2, 0) is 14.8 Å². The van der Waals surface area contributed by atoms with Crippen LogP contribution in [0.25, 0.3) is 0 Å². The molecule has 2 aliphatic heterocycles. The molecule has 2 aliphatic rings. The molecule has 0 saturated carbocycles. The van der Waals surface area contributed by atoms with Crippen LogP contribution in [0.3, 0.4) is 0 Å². The van der Waals surface area contributed by atoms with E-state index in [2.05, 4.69) is 9.62 Å². The molecular formula is C21H26N2O7S. The van der Waals surface area contributed by atoms with Gasteiger partial charge in [0.15, 0.2) is 23.0 Å². The number of fused-ring (bicyclic) bond motifs is 1. The van der Waals surface area contributed by atoms with E-state index < -0.39 is 10.0 Å². The van der Waals surface area contributed by atoms with Crippen LogP contribution in [0.5, 0.6) is 23.0 Å². The quantitative estimate of drug-likeness (QED) is 0.650. The van der Waals surface area contributed by atoms with Gasteiger partial charge in [-0.15, -0.1) is 0 Å². The van der Waals surface area contributed by atoms with E-state index in [0.717, 1.165) is 5.56 Å². The fourth-order valence-electron chi connectivity index (χ4n) is 3.72. The third-order valence-corrected chi connectivity index (χ3v) is 6.82. The van der Waals surface area contributed by atoms with Gasteiger partial charge in [0.25, 0.3) is 0 Å². The molecule has 0 aromatic heterocycles. The Morgan fingerprint density at radius 1 is 1.00 bits per heavy atom. The molecule has 4 rings (SSSR count). The highest BCUT2D eigenvalue weighted by Crippen LogP contribution is 2.36. The van der Waals surface area contributed by atoms with Crippen molar-refractivity contribution in [3.05, 3.63) is 42.0 Å². The Kier molecular flexibility index (Phi) is 6.51. The number of hydrogen-bond acceptors (Lipinski definition) is 8. The molecule has 1 fully saturated rings. The van der Waals surface area contributed by atoms with Gasteiger partial charge in [0.2, 0.25) is 16.8 Å². The molecule has 0 radical (unpaired) electrons. The first-order valence-electron chi connectivity index (χ1n) is 9.95. The van der Waals surface area contributed by atoms with Crippen molar-refractivity contribution >= 4 is 10.0 Å². The summed E-state index contributed by atoms with van der Waals surface area (Å²) in [6.07, 6.45) is 0. The highest BCUT2D eigenvalue weighted by atomic mass is 32.2. The Balaban J connectivity index is 1.57. The lowest BCUT2D eigenvalue weighted by Gasteiger charge is -2.35. The van der Waals surface area contributed by atoms with Gasteiger partial charge in [-0.3, -0.25) is 4.90 Å². The van der Waals surface area contributed by atoms with Gasteiger partial charge in [0.05, 0.1) is 32.3 Å². The zero-order valence-corrected chi connectivity index (χ0v) is 18.3. The van der Waals surface area contributed by atoms with Crippen molar-refractivity contribution in [2.45, 2.75) is 10.9 Å². The van der Waals surface area contributed by atoms with Crippen molar-refractivity contribution < 1.29 is 32.1 Å². The number of ether oxygens (including phenoxy) is 5. The van der Waals surface area contributed by atoms with Crippen LogP contribution >= 0.6 is 0 Å². The predicted octanol–water partition coefficient (Wildman–Crippen LogP) is 1.78. The SMILES string of the molecule is COc1ccc(S(=O)(=O)NCC(c2ccc3c(c2)OCO3)N2CCOCC2)cc1OC. The monoisotopic (exact) mass is 450 g/mol. The first-order chi connectivity index (χ1) is 15.0. The highest BCUT2D eigenvalue weighted by Gasteiger charge is 2.27. The van der Waals surface area contributed by atoms with Gasteiger partial charge in [-0.2, -0.15) is 0 Å². The van der Waals surface area contributed by atoms with E-state index in [1.54, 1.807) is 6.07 Å². The Bertz CT molecular complexity index is 1020. The minimum absolute atomic E-state index is 0.108. The first kappa shape index (κ1) is 21.7. The second kappa shape index (κ2) is 9.31. The number of methoxy groups -OCH3 is 2. The fraction of sp³-hybridized carbons (Fsp3) is 0.429. The van der Waals surface area contributed by atoms with Crippen molar-refractivity contribution in [1.29, 1.82) is 0 Å². The second-order valence-electron chi connectivity index (χ2n) is 7.15. The predicted molar refractivity (Wildman–Crippen MR) is 112 cm³/mol. The van der Waals surface area contributed by atoms with E-state index in [1.807, 2.05) is 18.2 Å². The number of sulfonamides is 1. The lowest BCUT2D eigenvalue weighted by molar-refractivity contribution is 0.0171. The topological polar surface area (TPSA) is 95.6 Å². The van der Waals surface area contributed by atoms with Crippen molar-refractivity contribution in [2.24, 2.45) is 0 Å². The minimum atomic E-state index is -3.77. The number of nitrogens with zero attached hydrogens (tertiary/aromatic N) is 1. The molecule has 10 heteroatoms.